The molecule has 37 heavy (non-hydrogen) atoms. The maximum Gasteiger partial charge on any atom is 0.469 e. The number of rotatable bonds is 8. The van der Waals surface area contributed by atoms with Crippen molar-refractivity contribution in [3.8, 4) is 0 Å². The average molecular weight is 532 g/mol. The van der Waals surface area contributed by atoms with E-state index in [1.165, 1.54) is 12.7 Å². The van der Waals surface area contributed by atoms with E-state index in [0.29, 0.717) is 17.7 Å². The second kappa shape index (κ2) is 10.6. The van der Waals surface area contributed by atoms with Gasteiger partial charge in [0.05, 0.1) is 12.9 Å². The van der Waals surface area contributed by atoms with Gasteiger partial charge in [-0.2, -0.15) is 0 Å². The highest BCUT2D eigenvalue weighted by Crippen LogP contribution is 2.43. The molecular weight excluding hydrogens is 507 g/mol. The lowest BCUT2D eigenvalue weighted by Gasteiger charge is -2.20. The lowest BCUT2D eigenvalue weighted by molar-refractivity contribution is -0.132. The Balaban J connectivity index is 1.41. The van der Waals surface area contributed by atoms with E-state index in [4.69, 9.17) is 18.7 Å². The maximum atomic E-state index is 12.0. The Morgan fingerprint density at radius 1 is 1.16 bits per heavy atom. The molecule has 196 valence electrons. The fourth-order valence-corrected chi connectivity index (χ4v) is 4.52. The van der Waals surface area contributed by atoms with Crippen molar-refractivity contribution in [1.82, 2.24) is 24.8 Å². The molecule has 14 nitrogen and oxygen atoms in total. The van der Waals surface area contributed by atoms with Gasteiger partial charge in [0, 0.05) is 6.54 Å². The predicted molar refractivity (Wildman–Crippen MR) is 129 cm³/mol. The fourth-order valence-electron chi connectivity index (χ4n) is 4.17. The topological polar surface area (TPSA) is 179 Å². The molecule has 15 heteroatoms. The molecule has 1 aromatic carbocycles. The first-order chi connectivity index (χ1) is 17.8. The molecule has 4 N–H and O–H groups in total. The number of urea groups is 1. The number of amides is 2. The molecule has 2 aromatic heterocycles. The number of carbonyl (C=O) groups is 1. The van der Waals surface area contributed by atoms with Crippen molar-refractivity contribution in [2.45, 2.75) is 37.8 Å². The molecular formula is C22H25N6O8P. The van der Waals surface area contributed by atoms with Crippen molar-refractivity contribution in [1.29, 1.82) is 0 Å². The number of benzene rings is 1. The Morgan fingerprint density at radius 3 is 2.70 bits per heavy atom. The minimum Gasteiger partial charge on any atom is -0.347 e. The number of nitrogens with zero attached hydrogens (tertiary/aromatic N) is 4. The van der Waals surface area contributed by atoms with Crippen LogP contribution in [-0.2, 0) is 23.3 Å². The van der Waals surface area contributed by atoms with Crippen LogP contribution in [0.4, 0.5) is 10.6 Å². The summed E-state index contributed by atoms with van der Waals surface area (Å²) in [4.78, 5) is 43.1. The molecule has 0 saturated carbocycles. The largest absolute Gasteiger partial charge is 0.469 e. The maximum absolute atomic E-state index is 12.0. The second-order valence-corrected chi connectivity index (χ2v) is 9.46. The molecule has 4 heterocycles. The van der Waals surface area contributed by atoms with Gasteiger partial charge in [-0.05, 0) is 18.6 Å². The van der Waals surface area contributed by atoms with E-state index < -0.39 is 51.3 Å². The zero-order chi connectivity index (χ0) is 26.0. The van der Waals surface area contributed by atoms with Crippen LogP contribution in [0, 0.1) is 0 Å². The molecule has 2 amide bonds. The summed E-state index contributed by atoms with van der Waals surface area (Å²) in [5, 5.41) is 5.25. The van der Waals surface area contributed by atoms with Crippen molar-refractivity contribution in [2.75, 3.05) is 18.5 Å². The van der Waals surface area contributed by atoms with Crippen LogP contribution in [0.15, 0.2) is 49.1 Å². The van der Waals surface area contributed by atoms with Crippen LogP contribution in [-0.4, -0.2) is 73.1 Å². The van der Waals surface area contributed by atoms with Crippen molar-refractivity contribution in [3.63, 3.8) is 0 Å². The normalized spacial score (nSPS) is 25.5. The first kappa shape index (κ1) is 25.4. The van der Waals surface area contributed by atoms with E-state index in [0.717, 1.165) is 5.56 Å². The van der Waals surface area contributed by atoms with E-state index >= 15 is 0 Å². The number of carbonyl (C=O) groups excluding carboxylic acids is 1. The van der Waals surface area contributed by atoms with Crippen LogP contribution in [0.3, 0.4) is 0 Å². The first-order valence-electron chi connectivity index (χ1n) is 11.4. The smallest absolute Gasteiger partial charge is 0.347 e. The van der Waals surface area contributed by atoms with E-state index in [1.807, 2.05) is 36.4 Å². The van der Waals surface area contributed by atoms with Gasteiger partial charge in [0.15, 0.2) is 29.5 Å². The molecule has 0 aliphatic carbocycles. The van der Waals surface area contributed by atoms with E-state index in [-0.39, 0.29) is 5.82 Å². The monoisotopic (exact) mass is 532 g/mol. The number of phosphoric acid groups is 1. The number of ether oxygens (including phenoxy) is 3. The lowest BCUT2D eigenvalue weighted by atomic mass is 10.1. The van der Waals surface area contributed by atoms with Crippen LogP contribution >= 0.6 is 7.82 Å². The molecule has 2 fully saturated rings. The Labute approximate surface area is 210 Å². The van der Waals surface area contributed by atoms with Crippen LogP contribution < -0.4 is 10.6 Å². The molecule has 5 rings (SSSR count). The van der Waals surface area contributed by atoms with Crippen molar-refractivity contribution < 1.29 is 37.9 Å². The standard InChI is InChI=1S/C22H25N6O8P/c1-2-23-22(29)27-19-16-20(25-11-24-19)28(12-26-16)21-18-17(14(34-21)10-33-37(30,31)32)35-15(36-18)9-8-13-6-4-3-5-7-13/h3-9,11-12,14-15,17-18,21H,2,10H2,1H3,(H2,30,31,32)(H2,23,24,25,27,29)/t14?,15-,17-,18?,21?/m1/s1. The van der Waals surface area contributed by atoms with Gasteiger partial charge in [-0.1, -0.05) is 36.4 Å². The quantitative estimate of drug-likeness (QED) is 0.311. The number of anilines is 1. The summed E-state index contributed by atoms with van der Waals surface area (Å²) in [6, 6.07) is 9.14. The highest BCUT2D eigenvalue weighted by molar-refractivity contribution is 7.46. The molecule has 2 aliphatic heterocycles. The number of hydrogen-bond acceptors (Lipinski definition) is 9. The third kappa shape index (κ3) is 5.70. The van der Waals surface area contributed by atoms with Gasteiger partial charge >= 0.3 is 13.9 Å². The Kier molecular flexibility index (Phi) is 7.31. The molecule has 3 aromatic rings. The second-order valence-electron chi connectivity index (χ2n) is 8.22. The minimum absolute atomic E-state index is 0.206. The number of phosphoric ester groups is 1. The lowest BCUT2D eigenvalue weighted by Crippen LogP contribution is -2.31. The van der Waals surface area contributed by atoms with Gasteiger partial charge < -0.3 is 29.3 Å². The van der Waals surface area contributed by atoms with E-state index in [1.54, 1.807) is 17.6 Å². The van der Waals surface area contributed by atoms with Crippen LogP contribution in [0.25, 0.3) is 17.2 Å². The number of nitrogens with one attached hydrogen (secondary N) is 2. The summed E-state index contributed by atoms with van der Waals surface area (Å²) in [6.45, 7) is 1.80. The number of imidazole rings is 1. The predicted octanol–water partition coefficient (Wildman–Crippen LogP) is 1.80. The van der Waals surface area contributed by atoms with Gasteiger partial charge in [0.25, 0.3) is 0 Å². The zero-order valence-corrected chi connectivity index (χ0v) is 20.5. The van der Waals surface area contributed by atoms with Crippen molar-refractivity contribution in [3.05, 3.63) is 54.6 Å². The van der Waals surface area contributed by atoms with Crippen LogP contribution in [0.1, 0.15) is 18.7 Å². The average Bonchev–Trinajstić information content (AvgIpc) is 3.56. The number of hydrogen-bond donors (Lipinski definition) is 4. The number of fused-ring (bicyclic) bond motifs is 2. The highest BCUT2D eigenvalue weighted by atomic mass is 31.2. The van der Waals surface area contributed by atoms with Crippen molar-refractivity contribution >= 4 is 36.9 Å². The first-order valence-corrected chi connectivity index (χ1v) is 13.0. The van der Waals surface area contributed by atoms with Gasteiger partial charge in [0.1, 0.15) is 24.6 Å². The third-order valence-electron chi connectivity index (χ3n) is 5.72. The molecule has 0 bridgehead atoms. The van der Waals surface area contributed by atoms with Crippen LogP contribution in [0.5, 0.6) is 0 Å². The van der Waals surface area contributed by atoms with Crippen LogP contribution in [0.2, 0.25) is 0 Å². The van der Waals surface area contributed by atoms with Gasteiger partial charge in [0.2, 0.25) is 0 Å². The fraction of sp³-hybridized carbons (Fsp3) is 0.364. The molecule has 0 radical (unpaired) electrons. The summed E-state index contributed by atoms with van der Waals surface area (Å²) in [5.41, 5.74) is 1.63. The van der Waals surface area contributed by atoms with E-state index in [9.17, 15) is 19.1 Å². The molecule has 3 unspecified atom stereocenters. The zero-order valence-electron chi connectivity index (χ0n) is 19.6. The van der Waals surface area contributed by atoms with E-state index in [2.05, 4.69) is 25.6 Å². The summed E-state index contributed by atoms with van der Waals surface area (Å²) in [5.74, 6) is 0.206. The third-order valence-corrected chi connectivity index (χ3v) is 6.21. The molecule has 5 atom stereocenters. The van der Waals surface area contributed by atoms with Crippen molar-refractivity contribution in [2.24, 2.45) is 0 Å². The molecule has 2 saturated heterocycles. The number of aromatic nitrogens is 4. The SMILES string of the molecule is CCNC(=O)Nc1ncnc2c1ncn2C1OC(COP(=O)(O)O)[C@H]2O[C@@H](C=Cc3ccccc3)OC12. The Hall–Kier alpha value is -3.23. The summed E-state index contributed by atoms with van der Waals surface area (Å²) in [7, 11) is -4.74. The molecule has 0 spiro atoms. The Bertz CT molecular complexity index is 1330. The summed E-state index contributed by atoms with van der Waals surface area (Å²) in [6.07, 6.45) is 2.55. The van der Waals surface area contributed by atoms with Gasteiger partial charge in [-0.25, -0.2) is 24.3 Å². The molecule has 2 aliphatic rings. The minimum atomic E-state index is -4.74. The Morgan fingerprint density at radius 2 is 1.95 bits per heavy atom. The van der Waals surface area contributed by atoms with Gasteiger partial charge in [-0.3, -0.25) is 14.4 Å². The highest BCUT2D eigenvalue weighted by Gasteiger charge is 2.53. The summed E-state index contributed by atoms with van der Waals surface area (Å²) < 4.78 is 35.9. The summed E-state index contributed by atoms with van der Waals surface area (Å²) >= 11 is 0. The van der Waals surface area contributed by atoms with Gasteiger partial charge in [-0.15, -0.1) is 0 Å².